The Kier molecular flexibility index (Phi) is 4.58. The molecule has 0 atom stereocenters. The van der Waals surface area contributed by atoms with Gasteiger partial charge in [0.1, 0.15) is 28.5 Å². The Labute approximate surface area is 178 Å². The van der Waals surface area contributed by atoms with E-state index in [2.05, 4.69) is 16.4 Å². The summed E-state index contributed by atoms with van der Waals surface area (Å²) < 4.78 is 34.1. The number of aromatic nitrogens is 1. The number of rotatable bonds is 3. The topological polar surface area (TPSA) is 51.2 Å². The summed E-state index contributed by atoms with van der Waals surface area (Å²) in [5.41, 5.74) is 3.24. The maximum absolute atomic E-state index is 13.9. The van der Waals surface area contributed by atoms with Gasteiger partial charge in [0.25, 0.3) is 5.91 Å². The Hall–Kier alpha value is -3.54. The SMILES string of the molecule is Cc1cccc2c1OC1(C=C2c2ccc(NC(=O)c3c(F)cccc3F)cn2)CCC1. The van der Waals surface area contributed by atoms with E-state index in [1.54, 1.807) is 12.1 Å². The van der Waals surface area contributed by atoms with Crippen LogP contribution < -0.4 is 10.1 Å². The summed E-state index contributed by atoms with van der Waals surface area (Å²) in [6.07, 6.45) is 6.69. The minimum atomic E-state index is -0.910. The Balaban J connectivity index is 1.45. The van der Waals surface area contributed by atoms with Crippen LogP contribution in [0.1, 0.15) is 46.4 Å². The van der Waals surface area contributed by atoms with Crippen LogP contribution in [-0.4, -0.2) is 16.5 Å². The molecule has 0 unspecified atom stereocenters. The summed E-state index contributed by atoms with van der Waals surface area (Å²) in [6, 6.07) is 12.8. The van der Waals surface area contributed by atoms with E-state index in [0.29, 0.717) is 5.69 Å². The molecule has 1 aromatic heterocycles. The van der Waals surface area contributed by atoms with E-state index in [-0.39, 0.29) is 5.60 Å². The average molecular weight is 418 g/mol. The largest absolute Gasteiger partial charge is 0.482 e. The molecule has 0 bridgehead atoms. The fraction of sp³-hybridized carbons (Fsp3) is 0.200. The molecule has 6 heteroatoms. The molecule has 3 aromatic rings. The fourth-order valence-electron chi connectivity index (χ4n) is 4.09. The third kappa shape index (κ3) is 3.38. The number of carbonyl (C=O) groups is 1. The molecule has 4 nitrogen and oxygen atoms in total. The number of hydrogen-bond donors (Lipinski definition) is 1. The lowest BCUT2D eigenvalue weighted by molar-refractivity contribution is 0.0369. The van der Waals surface area contributed by atoms with Crippen LogP contribution in [0.15, 0.2) is 60.8 Å². The molecule has 1 fully saturated rings. The number of aryl methyl sites for hydroxylation is 1. The van der Waals surface area contributed by atoms with Gasteiger partial charge >= 0.3 is 0 Å². The van der Waals surface area contributed by atoms with Gasteiger partial charge in [-0.05, 0) is 62.1 Å². The number of amides is 1. The number of halogens is 2. The molecule has 1 amide bonds. The quantitative estimate of drug-likeness (QED) is 0.597. The van der Waals surface area contributed by atoms with E-state index in [9.17, 15) is 13.6 Å². The molecular weight excluding hydrogens is 398 g/mol. The average Bonchev–Trinajstić information content (AvgIpc) is 2.73. The van der Waals surface area contributed by atoms with Crippen molar-refractivity contribution in [2.45, 2.75) is 31.8 Å². The standard InChI is InChI=1S/C25H20F2N2O2/c1-15-5-2-6-17-18(13-25(11-4-12-25)31-23(15)17)21-10-9-16(14-28-21)29-24(30)22-19(26)7-3-8-20(22)27/h2-3,5-10,13-14H,4,11-12H2,1H3,(H,29,30). The van der Waals surface area contributed by atoms with Crippen molar-refractivity contribution in [2.24, 2.45) is 0 Å². The highest BCUT2D eigenvalue weighted by molar-refractivity contribution is 6.04. The van der Waals surface area contributed by atoms with E-state index in [0.717, 1.165) is 59.5 Å². The number of para-hydroxylation sites is 1. The number of pyridine rings is 1. The van der Waals surface area contributed by atoms with Crippen molar-refractivity contribution < 1.29 is 18.3 Å². The molecule has 5 rings (SSSR count). The van der Waals surface area contributed by atoms with E-state index in [1.807, 2.05) is 25.1 Å². The lowest BCUT2D eigenvalue weighted by Gasteiger charge is -2.43. The summed E-state index contributed by atoms with van der Waals surface area (Å²) in [5.74, 6) is -1.79. The van der Waals surface area contributed by atoms with Gasteiger partial charge in [0.05, 0.1) is 17.6 Å². The van der Waals surface area contributed by atoms with Crippen molar-refractivity contribution in [3.8, 4) is 5.75 Å². The van der Waals surface area contributed by atoms with E-state index in [1.165, 1.54) is 12.3 Å². The fourth-order valence-corrected chi connectivity index (χ4v) is 4.09. The smallest absolute Gasteiger partial charge is 0.261 e. The van der Waals surface area contributed by atoms with Crippen molar-refractivity contribution in [3.63, 3.8) is 0 Å². The molecule has 1 aliphatic carbocycles. The molecule has 1 aliphatic heterocycles. The minimum Gasteiger partial charge on any atom is -0.482 e. The first kappa shape index (κ1) is 19.4. The second kappa shape index (κ2) is 7.30. The summed E-state index contributed by atoms with van der Waals surface area (Å²) in [6.45, 7) is 2.03. The van der Waals surface area contributed by atoms with Crippen LogP contribution in [0.5, 0.6) is 5.75 Å². The summed E-state index contributed by atoms with van der Waals surface area (Å²) in [4.78, 5) is 16.8. The van der Waals surface area contributed by atoms with Crippen LogP contribution in [0.2, 0.25) is 0 Å². The van der Waals surface area contributed by atoms with Crippen LogP contribution >= 0.6 is 0 Å². The van der Waals surface area contributed by atoms with Crippen molar-refractivity contribution in [2.75, 3.05) is 5.32 Å². The molecule has 0 saturated heterocycles. The zero-order chi connectivity index (χ0) is 21.6. The molecule has 2 heterocycles. The van der Waals surface area contributed by atoms with Gasteiger partial charge in [-0.2, -0.15) is 0 Å². The molecule has 2 aromatic carbocycles. The Morgan fingerprint density at radius 1 is 1.06 bits per heavy atom. The van der Waals surface area contributed by atoms with Crippen LogP contribution in [0.4, 0.5) is 14.5 Å². The van der Waals surface area contributed by atoms with Crippen LogP contribution in [0.3, 0.4) is 0 Å². The minimum absolute atomic E-state index is 0.286. The van der Waals surface area contributed by atoms with Gasteiger partial charge in [0, 0.05) is 11.1 Å². The highest BCUT2D eigenvalue weighted by atomic mass is 19.1. The van der Waals surface area contributed by atoms with Gasteiger partial charge in [-0.3, -0.25) is 9.78 Å². The maximum atomic E-state index is 13.9. The molecule has 0 radical (unpaired) electrons. The number of nitrogens with zero attached hydrogens (tertiary/aromatic N) is 1. The van der Waals surface area contributed by atoms with Gasteiger partial charge in [0.15, 0.2) is 0 Å². The molecule has 1 saturated carbocycles. The zero-order valence-corrected chi connectivity index (χ0v) is 16.9. The first-order valence-electron chi connectivity index (χ1n) is 10.2. The summed E-state index contributed by atoms with van der Waals surface area (Å²) in [5, 5.41) is 2.51. The highest BCUT2D eigenvalue weighted by Crippen LogP contribution is 2.48. The number of anilines is 1. The van der Waals surface area contributed by atoms with Crippen molar-refractivity contribution >= 4 is 17.2 Å². The molecule has 1 N–H and O–H groups in total. The van der Waals surface area contributed by atoms with Gasteiger partial charge in [-0.25, -0.2) is 8.78 Å². The predicted octanol–water partition coefficient (Wildman–Crippen LogP) is 5.67. The number of benzene rings is 2. The summed E-state index contributed by atoms with van der Waals surface area (Å²) >= 11 is 0. The van der Waals surface area contributed by atoms with Gasteiger partial charge in [-0.1, -0.05) is 24.3 Å². The predicted molar refractivity (Wildman–Crippen MR) is 114 cm³/mol. The first-order valence-corrected chi connectivity index (χ1v) is 10.2. The number of fused-ring (bicyclic) bond motifs is 1. The monoisotopic (exact) mass is 418 g/mol. The number of ether oxygens (including phenoxy) is 1. The molecule has 2 aliphatic rings. The Bertz CT molecular complexity index is 1190. The third-order valence-electron chi connectivity index (χ3n) is 5.90. The molecule has 156 valence electrons. The second-order valence-corrected chi connectivity index (χ2v) is 8.01. The maximum Gasteiger partial charge on any atom is 0.261 e. The Morgan fingerprint density at radius 3 is 2.45 bits per heavy atom. The highest BCUT2D eigenvalue weighted by Gasteiger charge is 2.41. The van der Waals surface area contributed by atoms with Crippen LogP contribution in [-0.2, 0) is 0 Å². The van der Waals surface area contributed by atoms with Crippen LogP contribution in [0.25, 0.3) is 5.57 Å². The number of hydrogen-bond acceptors (Lipinski definition) is 3. The Morgan fingerprint density at radius 2 is 1.81 bits per heavy atom. The first-order chi connectivity index (χ1) is 15.0. The van der Waals surface area contributed by atoms with E-state index >= 15 is 0 Å². The normalized spacial score (nSPS) is 16.0. The molecular formula is C25H20F2N2O2. The number of nitrogens with one attached hydrogen (secondary N) is 1. The zero-order valence-electron chi connectivity index (χ0n) is 16.9. The molecule has 1 spiro atoms. The van der Waals surface area contributed by atoms with E-state index in [4.69, 9.17) is 4.74 Å². The molecule has 31 heavy (non-hydrogen) atoms. The lowest BCUT2D eigenvalue weighted by atomic mass is 9.76. The van der Waals surface area contributed by atoms with Gasteiger partial charge < -0.3 is 10.1 Å². The number of carbonyl (C=O) groups excluding carboxylic acids is 1. The van der Waals surface area contributed by atoms with Gasteiger partial charge in [0.2, 0.25) is 0 Å². The van der Waals surface area contributed by atoms with Crippen molar-refractivity contribution in [1.82, 2.24) is 4.98 Å². The van der Waals surface area contributed by atoms with Crippen molar-refractivity contribution in [3.05, 3.63) is 94.8 Å². The van der Waals surface area contributed by atoms with Crippen LogP contribution in [0, 0.1) is 18.6 Å². The van der Waals surface area contributed by atoms with E-state index < -0.39 is 23.1 Å². The van der Waals surface area contributed by atoms with Crippen molar-refractivity contribution in [1.29, 1.82) is 0 Å². The third-order valence-corrected chi connectivity index (χ3v) is 5.90. The van der Waals surface area contributed by atoms with Gasteiger partial charge in [-0.15, -0.1) is 0 Å². The lowest BCUT2D eigenvalue weighted by Crippen LogP contribution is -2.43. The summed E-state index contributed by atoms with van der Waals surface area (Å²) in [7, 11) is 0. The second-order valence-electron chi connectivity index (χ2n) is 8.01.